The minimum Gasteiger partial charge on any atom is -0.321 e. The van der Waals surface area contributed by atoms with E-state index in [-0.39, 0.29) is 11.8 Å². The molecule has 10 rings (SSSR count). The van der Waals surface area contributed by atoms with Gasteiger partial charge in [-0.15, -0.1) is 43.9 Å². The number of thioether (sulfide) groups is 2. The van der Waals surface area contributed by atoms with Crippen LogP contribution in [0.4, 0.5) is 11.4 Å². The molecular formula is C49H46N12O2S2. The summed E-state index contributed by atoms with van der Waals surface area (Å²) in [5.41, 5.74) is 7.60. The summed E-state index contributed by atoms with van der Waals surface area (Å²) < 4.78 is 4.20. The van der Waals surface area contributed by atoms with E-state index in [1.54, 1.807) is 60.7 Å². The second kappa shape index (κ2) is 19.8. The maximum Gasteiger partial charge on any atom is 0.274 e. The van der Waals surface area contributed by atoms with Crippen LogP contribution in [0.5, 0.6) is 0 Å². The number of aromatic nitrogens is 10. The van der Waals surface area contributed by atoms with Crippen LogP contribution in [0.1, 0.15) is 72.6 Å². The molecule has 2 aliphatic rings. The third kappa shape index (κ3) is 10.8. The maximum absolute atomic E-state index is 13.0. The molecule has 0 atom stereocenters. The topological polar surface area (TPSA) is 171 Å². The number of nitrogens with zero attached hydrogens (tertiary/aromatic N) is 10. The molecule has 6 heterocycles. The summed E-state index contributed by atoms with van der Waals surface area (Å²) in [6.45, 7) is 4.39. The third-order valence-electron chi connectivity index (χ3n) is 10.7. The van der Waals surface area contributed by atoms with Gasteiger partial charge in [0.05, 0.1) is 10.1 Å². The molecule has 0 saturated heterocycles. The summed E-state index contributed by atoms with van der Waals surface area (Å²) in [5, 5.41) is 24.5. The first-order chi connectivity index (χ1) is 31.8. The Balaban J connectivity index is 0.000000165. The van der Waals surface area contributed by atoms with Crippen LogP contribution in [-0.2, 0) is 0 Å². The van der Waals surface area contributed by atoms with Crippen molar-refractivity contribution in [2.24, 2.45) is 5.92 Å². The highest BCUT2D eigenvalue weighted by Gasteiger charge is 2.28. The van der Waals surface area contributed by atoms with Crippen molar-refractivity contribution in [3.8, 4) is 45.0 Å². The van der Waals surface area contributed by atoms with Crippen molar-refractivity contribution in [2.75, 3.05) is 22.6 Å². The lowest BCUT2D eigenvalue weighted by Gasteiger charge is -2.09. The fraction of sp³-hybridized carbons (Fsp3) is 0.224. The van der Waals surface area contributed by atoms with Gasteiger partial charge in [0.15, 0.2) is 11.6 Å². The first-order valence-corrected chi connectivity index (χ1v) is 23.6. The van der Waals surface area contributed by atoms with Crippen molar-refractivity contribution in [2.45, 2.75) is 61.7 Å². The number of pyridine rings is 4. The maximum atomic E-state index is 13.0. The molecule has 326 valence electrons. The third-order valence-corrected chi connectivity index (χ3v) is 12.7. The number of carbonyl (C=O) groups excluding carboxylic acids is 2. The minimum absolute atomic E-state index is 0.264. The van der Waals surface area contributed by atoms with Crippen molar-refractivity contribution in [3.63, 3.8) is 0 Å². The van der Waals surface area contributed by atoms with Gasteiger partial charge < -0.3 is 19.8 Å². The van der Waals surface area contributed by atoms with Crippen LogP contribution in [0.3, 0.4) is 0 Å². The normalized spacial score (nSPS) is 13.2. The van der Waals surface area contributed by atoms with Gasteiger partial charge in [0, 0.05) is 76.3 Å². The lowest BCUT2D eigenvalue weighted by molar-refractivity contribution is 0.101. The van der Waals surface area contributed by atoms with E-state index in [4.69, 9.17) is 0 Å². The highest BCUT2D eigenvalue weighted by atomic mass is 32.2. The lowest BCUT2D eigenvalue weighted by atomic mass is 10.1. The molecule has 8 aromatic rings. The van der Waals surface area contributed by atoms with Crippen molar-refractivity contribution >= 4 is 46.7 Å². The number of hydrogen-bond acceptors (Lipinski definition) is 12. The molecule has 2 aromatic carbocycles. The van der Waals surface area contributed by atoms with Gasteiger partial charge in [0.1, 0.15) is 24.0 Å². The van der Waals surface area contributed by atoms with Gasteiger partial charge in [-0.05, 0) is 110 Å². The molecule has 0 radical (unpaired) electrons. The number of anilines is 2. The average molecular weight is 899 g/mol. The van der Waals surface area contributed by atoms with Gasteiger partial charge >= 0.3 is 0 Å². The highest BCUT2D eigenvalue weighted by molar-refractivity contribution is 7.99. The first-order valence-electron chi connectivity index (χ1n) is 21.4. The summed E-state index contributed by atoms with van der Waals surface area (Å²) in [6, 6.07) is 31.6. The Morgan fingerprint density at radius 2 is 1.09 bits per heavy atom. The second-order valence-corrected chi connectivity index (χ2v) is 18.1. The monoisotopic (exact) mass is 898 g/mol. The van der Waals surface area contributed by atoms with Crippen LogP contribution in [0.2, 0.25) is 0 Å². The molecule has 2 N–H and O–H groups in total. The Kier molecular flexibility index (Phi) is 13.2. The Labute approximate surface area is 385 Å². The van der Waals surface area contributed by atoms with Crippen LogP contribution < -0.4 is 10.6 Å². The number of nitrogens with one attached hydrogen (secondary N) is 2. The Morgan fingerprint density at radius 3 is 1.52 bits per heavy atom. The molecule has 2 amide bonds. The predicted molar refractivity (Wildman–Crippen MR) is 256 cm³/mol. The first kappa shape index (κ1) is 43.2. The quantitative estimate of drug-likeness (QED) is 0.0992. The number of benzene rings is 2. The summed E-state index contributed by atoms with van der Waals surface area (Å²) in [6.07, 6.45) is 17.1. The zero-order valence-electron chi connectivity index (χ0n) is 36.1. The minimum atomic E-state index is -0.267. The molecular weight excluding hydrogens is 853 g/mol. The molecule has 2 saturated carbocycles. The van der Waals surface area contributed by atoms with Gasteiger partial charge in [-0.25, -0.2) is 9.97 Å². The predicted octanol–water partition coefficient (Wildman–Crippen LogP) is 10.4. The van der Waals surface area contributed by atoms with Gasteiger partial charge in [-0.2, -0.15) is 0 Å². The van der Waals surface area contributed by atoms with Crippen LogP contribution in [0.15, 0.2) is 145 Å². The van der Waals surface area contributed by atoms with Crippen molar-refractivity contribution in [3.05, 3.63) is 146 Å². The molecule has 14 nitrogen and oxygen atoms in total. The Bertz CT molecular complexity index is 2930. The smallest absolute Gasteiger partial charge is 0.274 e. The molecule has 0 bridgehead atoms. The van der Waals surface area contributed by atoms with E-state index < -0.39 is 0 Å². The standard InChI is InChI=1S/C26H26N6OS.C23H20N6OS/c1-17(2)15-34-24-9-6-20(14-28-24)18-10-11-27-23(13-18)26(33)30-21-5-3-4-19(12-21)25-31-29-16-32(25)22-7-8-22;1-31-21-8-5-17(13-25-21)15-9-10-24-20(12-15)23(30)27-18-4-2-3-16(11-18)22-28-26-14-29(22)19-6-7-19/h3-6,9-14,16-17,22H,7-8,15H2,1-2H3,(H,30,33);2-5,8-14,19H,6-7H2,1H3,(H,27,30). The molecule has 0 unspecified atom stereocenters. The molecule has 0 spiro atoms. The van der Waals surface area contributed by atoms with Crippen LogP contribution in [0.25, 0.3) is 45.0 Å². The lowest BCUT2D eigenvalue weighted by Crippen LogP contribution is -2.13. The second-order valence-electron chi connectivity index (χ2n) is 16.2. The van der Waals surface area contributed by atoms with Gasteiger partial charge in [0.2, 0.25) is 0 Å². The molecule has 2 fully saturated rings. The van der Waals surface area contributed by atoms with Gasteiger partial charge in [-0.1, -0.05) is 50.2 Å². The van der Waals surface area contributed by atoms with E-state index in [0.717, 1.165) is 86.5 Å². The van der Waals surface area contributed by atoms with E-state index in [1.165, 1.54) is 0 Å². The average Bonchev–Trinajstić information content (AvgIpc) is 4.28. The van der Waals surface area contributed by atoms with Crippen molar-refractivity contribution in [1.29, 1.82) is 0 Å². The van der Waals surface area contributed by atoms with E-state index in [9.17, 15) is 9.59 Å². The Hall–Kier alpha value is -7.04. The van der Waals surface area contributed by atoms with Crippen LogP contribution in [0, 0.1) is 5.92 Å². The summed E-state index contributed by atoms with van der Waals surface area (Å²) in [5.74, 6) is 2.76. The van der Waals surface area contributed by atoms with Crippen molar-refractivity contribution in [1.82, 2.24) is 49.5 Å². The molecule has 16 heteroatoms. The van der Waals surface area contributed by atoms with Crippen LogP contribution in [-0.4, -0.2) is 73.3 Å². The summed E-state index contributed by atoms with van der Waals surface area (Å²) >= 11 is 3.34. The van der Waals surface area contributed by atoms with E-state index in [0.29, 0.717) is 40.8 Å². The number of amides is 2. The van der Waals surface area contributed by atoms with E-state index in [1.807, 2.05) is 104 Å². The number of carbonyl (C=O) groups is 2. The molecule has 6 aromatic heterocycles. The largest absolute Gasteiger partial charge is 0.321 e. The fourth-order valence-electron chi connectivity index (χ4n) is 7.03. The van der Waals surface area contributed by atoms with E-state index >= 15 is 0 Å². The molecule has 65 heavy (non-hydrogen) atoms. The number of rotatable bonds is 14. The van der Waals surface area contributed by atoms with Crippen molar-refractivity contribution < 1.29 is 9.59 Å². The molecule has 2 aliphatic carbocycles. The highest BCUT2D eigenvalue weighted by Crippen LogP contribution is 2.39. The Morgan fingerprint density at radius 1 is 0.600 bits per heavy atom. The number of hydrogen-bond donors (Lipinski definition) is 2. The summed E-state index contributed by atoms with van der Waals surface area (Å²) in [7, 11) is 0. The van der Waals surface area contributed by atoms with Gasteiger partial charge in [-0.3, -0.25) is 19.6 Å². The zero-order chi connectivity index (χ0) is 44.7. The van der Waals surface area contributed by atoms with Crippen LogP contribution >= 0.6 is 23.5 Å². The SMILES string of the molecule is CC(C)CSc1ccc(-c2ccnc(C(=O)Nc3cccc(-c4nncn4C4CC4)c3)c2)cn1.CSc1ccc(-c2ccnc(C(=O)Nc3cccc(-c4nncn4C4CC4)c3)c2)cn1. The van der Waals surface area contributed by atoms with Gasteiger partial charge in [0.25, 0.3) is 11.8 Å². The van der Waals surface area contributed by atoms with E-state index in [2.05, 4.69) is 73.9 Å². The fourth-order valence-corrected chi connectivity index (χ4v) is 8.19. The molecule has 0 aliphatic heterocycles. The summed E-state index contributed by atoms with van der Waals surface area (Å²) in [4.78, 5) is 43.3. The zero-order valence-corrected chi connectivity index (χ0v) is 37.7.